The molecule has 0 atom stereocenters. The van der Waals surface area contributed by atoms with E-state index in [2.05, 4.69) is 4.74 Å². The molecule has 0 heterocycles. The highest BCUT2D eigenvalue weighted by molar-refractivity contribution is 6.30. The first kappa shape index (κ1) is 21.4. The van der Waals surface area contributed by atoms with Gasteiger partial charge in [-0.15, -0.1) is 0 Å². The van der Waals surface area contributed by atoms with Crippen LogP contribution in [0.15, 0.2) is 18.2 Å². The van der Waals surface area contributed by atoms with Crippen LogP contribution in [-0.2, 0) is 4.74 Å². The Kier molecular flexibility index (Phi) is 7.72. The number of esters is 1. The normalized spacial score (nSPS) is 11.2. The molecule has 0 amide bonds. The summed E-state index contributed by atoms with van der Waals surface area (Å²) in [7, 11) is -0.820. The molecular weight excluding hydrogens is 303 g/mol. The van der Waals surface area contributed by atoms with Crippen LogP contribution in [-0.4, -0.2) is 51.8 Å². The Hall–Kier alpha value is -1.61. The Balaban J connectivity index is 0.00000108. The Morgan fingerprint density at radius 3 is 1.96 bits per heavy atom. The van der Waals surface area contributed by atoms with Crippen molar-refractivity contribution < 1.29 is 34.4 Å². The molecule has 7 nitrogen and oxygen atoms in total. The van der Waals surface area contributed by atoms with Gasteiger partial charge in [-0.05, 0) is 58.4 Å². The highest BCUT2D eigenvalue weighted by Crippen LogP contribution is 2.30. The number of ether oxygens (including phenoxy) is 2. The molecule has 130 valence electrons. The van der Waals surface area contributed by atoms with Crippen molar-refractivity contribution in [2.24, 2.45) is 0 Å². The number of aryl methyl sites for hydroxylation is 1. The smallest absolute Gasteiger partial charge is 0.485 e. The number of hydrogen-bond acceptors (Lipinski definition) is 7. The van der Waals surface area contributed by atoms with Crippen molar-refractivity contribution in [3.05, 3.63) is 29.3 Å². The average Bonchev–Trinajstić information content (AvgIpc) is 2.38. The van der Waals surface area contributed by atoms with Gasteiger partial charge in [-0.25, -0.2) is 4.79 Å². The van der Waals surface area contributed by atoms with Crippen LogP contribution >= 0.6 is 0 Å². The SMILES string of the molecule is COC(=O)c1ccc(OC(C)(C)C(C)(C)O)c(C)c1.OB(O)O. The van der Waals surface area contributed by atoms with E-state index < -0.39 is 18.5 Å². The van der Waals surface area contributed by atoms with Crippen molar-refractivity contribution in [1.29, 1.82) is 0 Å². The standard InChI is InChI=1S/C15H22O4.BH3O3/c1-10-9-11(13(16)18-6)7-8-12(10)19-15(4,5)14(2,3)17;2-1(3)4/h7-9,17H,1-6H3;2-4H. The molecule has 0 aromatic heterocycles. The van der Waals surface area contributed by atoms with Gasteiger partial charge in [0, 0.05) is 0 Å². The molecule has 0 radical (unpaired) electrons. The molecule has 0 bridgehead atoms. The molecule has 1 rings (SSSR count). The topological polar surface area (TPSA) is 116 Å². The summed E-state index contributed by atoms with van der Waals surface area (Å²) in [5.74, 6) is 0.260. The fourth-order valence-corrected chi connectivity index (χ4v) is 1.41. The maximum Gasteiger partial charge on any atom is 0.631 e. The van der Waals surface area contributed by atoms with Gasteiger partial charge in [0.2, 0.25) is 0 Å². The quantitative estimate of drug-likeness (QED) is 0.474. The van der Waals surface area contributed by atoms with Crippen molar-refractivity contribution in [3.8, 4) is 5.75 Å². The summed E-state index contributed by atoms with van der Waals surface area (Å²) >= 11 is 0. The van der Waals surface area contributed by atoms with E-state index in [0.717, 1.165) is 5.56 Å². The molecule has 1 aromatic rings. The van der Waals surface area contributed by atoms with E-state index in [4.69, 9.17) is 19.8 Å². The van der Waals surface area contributed by atoms with Gasteiger partial charge in [-0.1, -0.05) is 0 Å². The first-order valence-electron chi connectivity index (χ1n) is 6.96. The molecule has 0 saturated heterocycles. The number of methoxy groups -OCH3 is 1. The van der Waals surface area contributed by atoms with Gasteiger partial charge in [0.15, 0.2) is 0 Å². The summed E-state index contributed by atoms with van der Waals surface area (Å²) in [4.78, 5) is 11.4. The zero-order valence-corrected chi connectivity index (χ0v) is 14.3. The third-order valence-electron chi connectivity index (χ3n) is 3.43. The second-order valence-electron chi connectivity index (χ2n) is 5.99. The fraction of sp³-hybridized carbons (Fsp3) is 0.533. The lowest BCUT2D eigenvalue weighted by Gasteiger charge is -2.37. The predicted molar refractivity (Wildman–Crippen MR) is 85.9 cm³/mol. The maximum atomic E-state index is 11.4. The minimum absolute atomic E-state index is 0.378. The van der Waals surface area contributed by atoms with Crippen LogP contribution in [0.5, 0.6) is 5.75 Å². The van der Waals surface area contributed by atoms with Crippen molar-refractivity contribution in [2.45, 2.75) is 45.8 Å². The Labute approximate surface area is 136 Å². The summed E-state index contributed by atoms with van der Waals surface area (Å²) in [6, 6.07) is 5.07. The van der Waals surface area contributed by atoms with Crippen LogP contribution in [0.1, 0.15) is 43.6 Å². The number of aliphatic hydroxyl groups is 1. The van der Waals surface area contributed by atoms with E-state index in [1.807, 2.05) is 20.8 Å². The summed E-state index contributed by atoms with van der Waals surface area (Å²) in [5, 5.41) is 31.6. The van der Waals surface area contributed by atoms with E-state index in [-0.39, 0.29) is 5.97 Å². The van der Waals surface area contributed by atoms with Crippen molar-refractivity contribution >= 4 is 13.3 Å². The minimum Gasteiger partial charge on any atom is -0.485 e. The largest absolute Gasteiger partial charge is 0.631 e. The maximum absolute atomic E-state index is 11.4. The van der Waals surface area contributed by atoms with Crippen LogP contribution < -0.4 is 4.74 Å². The molecule has 0 aliphatic heterocycles. The molecule has 0 aliphatic carbocycles. The number of benzene rings is 1. The first-order chi connectivity index (χ1) is 10.3. The second-order valence-corrected chi connectivity index (χ2v) is 5.99. The summed E-state index contributed by atoms with van der Waals surface area (Å²) < 4.78 is 10.5. The molecule has 0 fully saturated rings. The van der Waals surface area contributed by atoms with E-state index in [1.165, 1.54) is 7.11 Å². The lowest BCUT2D eigenvalue weighted by molar-refractivity contribution is -0.0909. The molecular formula is C15H25BO7. The highest BCUT2D eigenvalue weighted by Gasteiger charge is 2.37. The van der Waals surface area contributed by atoms with Crippen molar-refractivity contribution in [3.63, 3.8) is 0 Å². The monoisotopic (exact) mass is 328 g/mol. The van der Waals surface area contributed by atoms with Gasteiger partial charge < -0.3 is 29.7 Å². The number of hydrogen-bond donors (Lipinski definition) is 4. The average molecular weight is 328 g/mol. The zero-order chi connectivity index (χ0) is 18.4. The van der Waals surface area contributed by atoms with Gasteiger partial charge in [0.25, 0.3) is 0 Å². The Bertz CT molecular complexity index is 518. The number of carbonyl (C=O) groups excluding carboxylic acids is 1. The van der Waals surface area contributed by atoms with E-state index in [9.17, 15) is 9.90 Å². The molecule has 1 aromatic carbocycles. The van der Waals surface area contributed by atoms with Gasteiger partial charge in [-0.3, -0.25) is 0 Å². The lowest BCUT2D eigenvalue weighted by Crippen LogP contribution is -2.49. The molecule has 0 saturated carbocycles. The first-order valence-corrected chi connectivity index (χ1v) is 6.96. The Morgan fingerprint density at radius 1 is 1.13 bits per heavy atom. The molecule has 0 aliphatic rings. The van der Waals surface area contributed by atoms with Gasteiger partial charge >= 0.3 is 13.3 Å². The molecule has 8 heteroatoms. The number of carbonyl (C=O) groups is 1. The van der Waals surface area contributed by atoms with Gasteiger partial charge in [0.1, 0.15) is 11.4 Å². The lowest BCUT2D eigenvalue weighted by atomic mass is 9.89. The summed E-state index contributed by atoms with van der Waals surface area (Å²) in [6.07, 6.45) is 0. The van der Waals surface area contributed by atoms with Crippen LogP contribution in [0, 0.1) is 6.92 Å². The van der Waals surface area contributed by atoms with Crippen LogP contribution in [0.3, 0.4) is 0 Å². The fourth-order valence-electron chi connectivity index (χ4n) is 1.41. The van der Waals surface area contributed by atoms with Crippen molar-refractivity contribution in [2.75, 3.05) is 7.11 Å². The molecule has 4 N–H and O–H groups in total. The van der Waals surface area contributed by atoms with Crippen LogP contribution in [0.4, 0.5) is 0 Å². The van der Waals surface area contributed by atoms with Crippen molar-refractivity contribution in [1.82, 2.24) is 0 Å². The molecule has 0 spiro atoms. The summed E-state index contributed by atoms with van der Waals surface area (Å²) in [6.45, 7) is 8.89. The third kappa shape index (κ3) is 7.00. The summed E-state index contributed by atoms with van der Waals surface area (Å²) in [5.41, 5.74) is -0.431. The van der Waals surface area contributed by atoms with E-state index >= 15 is 0 Å². The molecule has 0 unspecified atom stereocenters. The molecule has 23 heavy (non-hydrogen) atoms. The minimum atomic E-state index is -2.17. The van der Waals surface area contributed by atoms with Crippen LogP contribution in [0.25, 0.3) is 0 Å². The third-order valence-corrected chi connectivity index (χ3v) is 3.43. The zero-order valence-electron chi connectivity index (χ0n) is 14.3. The van der Waals surface area contributed by atoms with E-state index in [0.29, 0.717) is 11.3 Å². The van der Waals surface area contributed by atoms with E-state index in [1.54, 1.807) is 32.0 Å². The second kappa shape index (κ2) is 8.30. The van der Waals surface area contributed by atoms with Gasteiger partial charge in [-0.2, -0.15) is 0 Å². The highest BCUT2D eigenvalue weighted by atomic mass is 16.5. The Morgan fingerprint density at radius 2 is 1.61 bits per heavy atom. The predicted octanol–water partition coefficient (Wildman–Crippen LogP) is 0.658. The number of rotatable bonds is 4. The van der Waals surface area contributed by atoms with Gasteiger partial charge in [0.05, 0.1) is 18.3 Å². The van der Waals surface area contributed by atoms with Crippen LogP contribution in [0.2, 0.25) is 0 Å².